The maximum Gasteiger partial charge on any atom is 0.221 e. The molecule has 1 aliphatic carbocycles. The lowest BCUT2D eigenvalue weighted by molar-refractivity contribution is -0.123. The number of nitrogens with two attached hydrogens (primary N) is 1. The maximum atomic E-state index is 11.9. The molecule has 0 aromatic rings. The molecule has 1 saturated carbocycles. The highest BCUT2D eigenvalue weighted by Gasteiger charge is 2.28. The fourth-order valence-corrected chi connectivity index (χ4v) is 2.93. The molecule has 0 spiro atoms. The van der Waals surface area contributed by atoms with Crippen molar-refractivity contribution in [3.05, 3.63) is 0 Å². The van der Waals surface area contributed by atoms with Crippen LogP contribution in [0.2, 0.25) is 0 Å². The van der Waals surface area contributed by atoms with Gasteiger partial charge in [-0.05, 0) is 32.6 Å². The fraction of sp³-hybridized carbons (Fsp3) is 0.933. The molecule has 1 saturated heterocycles. The summed E-state index contributed by atoms with van der Waals surface area (Å²) < 4.78 is 0. The Morgan fingerprint density at radius 2 is 1.90 bits per heavy atom. The second-order valence-corrected chi connectivity index (χ2v) is 6.60. The van der Waals surface area contributed by atoms with E-state index in [0.29, 0.717) is 13.0 Å². The number of hydrogen-bond donors (Lipinski definition) is 2. The Hall–Kier alpha value is -0.650. The van der Waals surface area contributed by atoms with Crippen molar-refractivity contribution in [2.45, 2.75) is 45.2 Å². The van der Waals surface area contributed by atoms with E-state index < -0.39 is 0 Å². The lowest BCUT2D eigenvalue weighted by Crippen LogP contribution is -2.53. The third kappa shape index (κ3) is 5.04. The standard InChI is InChI=1S/C15H30N4O/c1-12(2)17-15(20)9-14(10-16)19-7-5-18(6-8-19)11-13-3-4-13/h12-14H,3-11,16H2,1-2H3,(H,17,20). The van der Waals surface area contributed by atoms with Gasteiger partial charge in [0.2, 0.25) is 5.91 Å². The predicted octanol–water partition coefficient (Wildman–Crippen LogP) is 0.256. The average molecular weight is 282 g/mol. The number of nitrogens with one attached hydrogen (secondary N) is 1. The topological polar surface area (TPSA) is 61.6 Å². The summed E-state index contributed by atoms with van der Waals surface area (Å²) in [6, 6.07) is 0.396. The highest BCUT2D eigenvalue weighted by molar-refractivity contribution is 5.76. The number of rotatable bonds is 7. The predicted molar refractivity (Wildman–Crippen MR) is 81.5 cm³/mol. The van der Waals surface area contributed by atoms with Gasteiger partial charge < -0.3 is 16.0 Å². The van der Waals surface area contributed by atoms with Gasteiger partial charge in [-0.3, -0.25) is 9.69 Å². The summed E-state index contributed by atoms with van der Waals surface area (Å²) in [5.41, 5.74) is 5.87. The maximum absolute atomic E-state index is 11.9. The van der Waals surface area contributed by atoms with Crippen LogP contribution in [0.5, 0.6) is 0 Å². The molecule has 1 aliphatic heterocycles. The molecule has 0 bridgehead atoms. The van der Waals surface area contributed by atoms with Gasteiger partial charge in [-0.1, -0.05) is 0 Å². The molecule has 0 aromatic heterocycles. The minimum Gasteiger partial charge on any atom is -0.354 e. The molecule has 20 heavy (non-hydrogen) atoms. The Morgan fingerprint density at radius 3 is 2.40 bits per heavy atom. The zero-order valence-corrected chi connectivity index (χ0v) is 13.0. The summed E-state index contributed by atoms with van der Waals surface area (Å²) in [5, 5.41) is 2.96. The van der Waals surface area contributed by atoms with Crippen molar-refractivity contribution in [2.24, 2.45) is 11.7 Å². The summed E-state index contributed by atoms with van der Waals surface area (Å²) in [5.74, 6) is 1.08. The number of hydrogen-bond acceptors (Lipinski definition) is 4. The first-order valence-electron chi connectivity index (χ1n) is 8.04. The van der Waals surface area contributed by atoms with Crippen molar-refractivity contribution >= 4 is 5.91 Å². The first-order chi connectivity index (χ1) is 9.58. The minimum atomic E-state index is 0.121. The second kappa shape index (κ2) is 7.38. The Balaban J connectivity index is 1.72. The number of piperazine rings is 1. The Kier molecular flexibility index (Phi) is 5.81. The molecule has 116 valence electrons. The molecule has 1 unspecified atom stereocenters. The van der Waals surface area contributed by atoms with E-state index in [9.17, 15) is 4.79 Å². The Bertz CT molecular complexity index is 309. The molecule has 0 radical (unpaired) electrons. The van der Waals surface area contributed by atoms with E-state index in [4.69, 9.17) is 5.73 Å². The van der Waals surface area contributed by atoms with Crippen molar-refractivity contribution in [3.8, 4) is 0 Å². The zero-order valence-electron chi connectivity index (χ0n) is 13.0. The van der Waals surface area contributed by atoms with Crippen LogP contribution in [0.4, 0.5) is 0 Å². The van der Waals surface area contributed by atoms with Gasteiger partial charge in [-0.25, -0.2) is 0 Å². The molecular weight excluding hydrogens is 252 g/mol. The molecular formula is C15H30N4O. The zero-order chi connectivity index (χ0) is 14.5. The van der Waals surface area contributed by atoms with Gasteiger partial charge in [-0.2, -0.15) is 0 Å². The van der Waals surface area contributed by atoms with E-state index in [2.05, 4.69) is 15.1 Å². The van der Waals surface area contributed by atoms with Crippen molar-refractivity contribution in [3.63, 3.8) is 0 Å². The van der Waals surface area contributed by atoms with Crippen LogP contribution >= 0.6 is 0 Å². The van der Waals surface area contributed by atoms with Gasteiger partial charge in [0.1, 0.15) is 0 Å². The van der Waals surface area contributed by atoms with E-state index in [0.717, 1.165) is 32.1 Å². The molecule has 5 heteroatoms. The molecule has 2 aliphatic rings. The van der Waals surface area contributed by atoms with Crippen LogP contribution in [-0.4, -0.2) is 67.1 Å². The minimum absolute atomic E-state index is 0.121. The smallest absolute Gasteiger partial charge is 0.221 e. The highest BCUT2D eigenvalue weighted by atomic mass is 16.1. The van der Waals surface area contributed by atoms with Crippen LogP contribution < -0.4 is 11.1 Å². The van der Waals surface area contributed by atoms with Crippen LogP contribution in [-0.2, 0) is 4.79 Å². The van der Waals surface area contributed by atoms with E-state index in [1.165, 1.54) is 19.4 Å². The van der Waals surface area contributed by atoms with Gasteiger partial charge in [-0.15, -0.1) is 0 Å². The average Bonchev–Trinajstić information content (AvgIpc) is 3.20. The van der Waals surface area contributed by atoms with E-state index in [-0.39, 0.29) is 18.0 Å². The Labute approximate surface area is 122 Å². The first kappa shape index (κ1) is 15.7. The number of amides is 1. The summed E-state index contributed by atoms with van der Waals surface area (Å²) in [7, 11) is 0. The van der Waals surface area contributed by atoms with Crippen LogP contribution in [0.15, 0.2) is 0 Å². The summed E-state index contributed by atoms with van der Waals surface area (Å²) >= 11 is 0. The first-order valence-corrected chi connectivity index (χ1v) is 8.04. The fourth-order valence-electron chi connectivity index (χ4n) is 2.93. The molecule has 5 nitrogen and oxygen atoms in total. The lowest BCUT2D eigenvalue weighted by atomic mass is 10.1. The largest absolute Gasteiger partial charge is 0.354 e. The third-order valence-electron chi connectivity index (χ3n) is 4.28. The van der Waals surface area contributed by atoms with Gasteiger partial charge in [0, 0.05) is 57.8 Å². The van der Waals surface area contributed by atoms with Gasteiger partial charge in [0.05, 0.1) is 0 Å². The Morgan fingerprint density at radius 1 is 1.25 bits per heavy atom. The molecule has 1 amide bonds. The highest BCUT2D eigenvalue weighted by Crippen LogP contribution is 2.30. The van der Waals surface area contributed by atoms with E-state index >= 15 is 0 Å². The molecule has 1 atom stereocenters. The number of carbonyl (C=O) groups excluding carboxylic acids is 1. The lowest BCUT2D eigenvalue weighted by Gasteiger charge is -2.39. The van der Waals surface area contributed by atoms with Crippen LogP contribution in [0.1, 0.15) is 33.1 Å². The van der Waals surface area contributed by atoms with Crippen LogP contribution in [0.25, 0.3) is 0 Å². The summed E-state index contributed by atoms with van der Waals surface area (Å²) in [4.78, 5) is 16.8. The van der Waals surface area contributed by atoms with Crippen molar-refractivity contribution in [2.75, 3.05) is 39.3 Å². The number of nitrogens with zero attached hydrogens (tertiary/aromatic N) is 2. The SMILES string of the molecule is CC(C)NC(=O)CC(CN)N1CCN(CC2CC2)CC1. The van der Waals surface area contributed by atoms with Crippen molar-refractivity contribution in [1.29, 1.82) is 0 Å². The van der Waals surface area contributed by atoms with Crippen LogP contribution in [0, 0.1) is 5.92 Å². The van der Waals surface area contributed by atoms with E-state index in [1.54, 1.807) is 0 Å². The summed E-state index contributed by atoms with van der Waals surface area (Å²) in [6.45, 7) is 10.2. The molecule has 2 rings (SSSR count). The second-order valence-electron chi connectivity index (χ2n) is 6.60. The van der Waals surface area contributed by atoms with Gasteiger partial charge in [0.25, 0.3) is 0 Å². The van der Waals surface area contributed by atoms with Gasteiger partial charge >= 0.3 is 0 Å². The normalized spacial score (nSPS) is 23.0. The number of carbonyl (C=O) groups is 1. The third-order valence-corrected chi connectivity index (χ3v) is 4.28. The van der Waals surface area contributed by atoms with Crippen molar-refractivity contribution < 1.29 is 4.79 Å². The quantitative estimate of drug-likeness (QED) is 0.703. The van der Waals surface area contributed by atoms with Gasteiger partial charge in [0.15, 0.2) is 0 Å². The molecule has 3 N–H and O–H groups in total. The molecule has 0 aromatic carbocycles. The van der Waals surface area contributed by atoms with Crippen molar-refractivity contribution in [1.82, 2.24) is 15.1 Å². The van der Waals surface area contributed by atoms with E-state index in [1.807, 2.05) is 13.8 Å². The molecule has 1 heterocycles. The summed E-state index contributed by atoms with van der Waals surface area (Å²) in [6.07, 6.45) is 3.36. The van der Waals surface area contributed by atoms with Crippen LogP contribution in [0.3, 0.4) is 0 Å². The monoisotopic (exact) mass is 282 g/mol. The molecule has 2 fully saturated rings.